The summed E-state index contributed by atoms with van der Waals surface area (Å²) < 4.78 is 18.4. The molecule has 2 N–H and O–H groups in total. The van der Waals surface area contributed by atoms with E-state index in [1.807, 2.05) is 0 Å². The summed E-state index contributed by atoms with van der Waals surface area (Å²) in [5.74, 6) is -1.60. The molecule has 1 aliphatic carbocycles. The molecule has 0 heterocycles. The molecule has 0 aliphatic heterocycles. The second kappa shape index (κ2) is 5.90. The summed E-state index contributed by atoms with van der Waals surface area (Å²) in [4.78, 5) is 22.5. The normalized spacial score (nSPS) is 15.4. The first-order valence-corrected chi connectivity index (χ1v) is 6.45. The first kappa shape index (κ1) is 14.3. The van der Waals surface area contributed by atoms with Crippen molar-refractivity contribution in [3.8, 4) is 5.75 Å². The highest BCUT2D eigenvalue weighted by Crippen LogP contribution is 2.35. The number of halogens is 1. The van der Waals surface area contributed by atoms with Crippen LogP contribution in [0.25, 0.3) is 0 Å². The monoisotopic (exact) mass is 281 g/mol. The average molecular weight is 281 g/mol. The van der Waals surface area contributed by atoms with E-state index in [-0.39, 0.29) is 24.7 Å². The van der Waals surface area contributed by atoms with Gasteiger partial charge in [0.05, 0.1) is 6.61 Å². The van der Waals surface area contributed by atoms with Crippen molar-refractivity contribution in [2.24, 2.45) is 0 Å². The van der Waals surface area contributed by atoms with Crippen molar-refractivity contribution >= 4 is 11.9 Å². The van der Waals surface area contributed by atoms with E-state index in [0.29, 0.717) is 19.3 Å². The Balaban J connectivity index is 1.68. The van der Waals surface area contributed by atoms with Gasteiger partial charge in [0.15, 0.2) is 11.6 Å². The summed E-state index contributed by atoms with van der Waals surface area (Å²) in [6, 6.07) is 6.04. The minimum absolute atomic E-state index is 0.150. The Morgan fingerprint density at radius 3 is 2.65 bits per heavy atom. The van der Waals surface area contributed by atoms with Gasteiger partial charge in [0.1, 0.15) is 5.54 Å². The van der Waals surface area contributed by atoms with Crippen molar-refractivity contribution in [1.29, 1.82) is 0 Å². The minimum atomic E-state index is -1.05. The number of aliphatic carboxylic acids is 1. The highest BCUT2D eigenvalue weighted by molar-refractivity contribution is 5.89. The topological polar surface area (TPSA) is 75.6 Å². The number of ether oxygens (including phenoxy) is 1. The van der Waals surface area contributed by atoms with Crippen LogP contribution in [0.2, 0.25) is 0 Å². The van der Waals surface area contributed by atoms with Crippen LogP contribution in [0.15, 0.2) is 24.3 Å². The second-order valence-electron chi connectivity index (χ2n) is 4.82. The van der Waals surface area contributed by atoms with Gasteiger partial charge in [-0.05, 0) is 31.4 Å². The molecule has 1 saturated carbocycles. The average Bonchev–Trinajstić information content (AvgIpc) is 3.17. The van der Waals surface area contributed by atoms with Gasteiger partial charge in [-0.15, -0.1) is 0 Å². The van der Waals surface area contributed by atoms with Crippen LogP contribution in [-0.4, -0.2) is 29.1 Å². The van der Waals surface area contributed by atoms with Crippen molar-refractivity contribution in [3.05, 3.63) is 30.1 Å². The summed E-state index contributed by atoms with van der Waals surface area (Å²) in [6.07, 6.45) is 1.50. The van der Waals surface area contributed by atoms with Crippen LogP contribution in [0, 0.1) is 5.82 Å². The molecule has 20 heavy (non-hydrogen) atoms. The van der Waals surface area contributed by atoms with Gasteiger partial charge < -0.3 is 15.2 Å². The predicted octanol–water partition coefficient (Wildman–Crippen LogP) is 1.72. The Bertz CT molecular complexity index is 514. The lowest BCUT2D eigenvalue weighted by molar-refractivity contribution is -0.143. The van der Waals surface area contributed by atoms with E-state index in [4.69, 9.17) is 9.84 Å². The van der Waals surface area contributed by atoms with Gasteiger partial charge in [-0.3, -0.25) is 4.79 Å². The molecule has 108 valence electrons. The molecule has 0 unspecified atom stereocenters. The van der Waals surface area contributed by atoms with E-state index in [1.165, 1.54) is 12.1 Å². The molecule has 1 aliphatic rings. The Labute approximate surface area is 115 Å². The molecule has 1 aromatic carbocycles. The van der Waals surface area contributed by atoms with Crippen molar-refractivity contribution in [3.63, 3.8) is 0 Å². The fourth-order valence-corrected chi connectivity index (χ4v) is 1.82. The highest BCUT2D eigenvalue weighted by Gasteiger charge is 2.51. The maximum atomic E-state index is 13.2. The fourth-order valence-electron chi connectivity index (χ4n) is 1.82. The van der Waals surface area contributed by atoms with Crippen molar-refractivity contribution in [1.82, 2.24) is 5.32 Å². The molecule has 0 atom stereocenters. The van der Waals surface area contributed by atoms with Crippen LogP contribution in [0.1, 0.15) is 25.7 Å². The Hall–Kier alpha value is -2.11. The number of nitrogens with one attached hydrogen (secondary N) is 1. The number of hydrogen-bond acceptors (Lipinski definition) is 3. The van der Waals surface area contributed by atoms with Gasteiger partial charge in [-0.1, -0.05) is 12.1 Å². The number of rotatable bonds is 7. The first-order valence-electron chi connectivity index (χ1n) is 6.45. The Morgan fingerprint density at radius 1 is 1.35 bits per heavy atom. The van der Waals surface area contributed by atoms with E-state index >= 15 is 0 Å². The zero-order chi connectivity index (χ0) is 14.6. The highest BCUT2D eigenvalue weighted by atomic mass is 19.1. The molecule has 1 aromatic rings. The maximum absolute atomic E-state index is 13.2. The summed E-state index contributed by atoms with van der Waals surface area (Å²) in [5, 5.41) is 11.4. The Morgan fingerprint density at radius 2 is 2.05 bits per heavy atom. The van der Waals surface area contributed by atoms with Crippen molar-refractivity contribution in [2.45, 2.75) is 31.2 Å². The molecule has 0 spiro atoms. The first-order chi connectivity index (χ1) is 9.53. The summed E-state index contributed by atoms with van der Waals surface area (Å²) >= 11 is 0. The van der Waals surface area contributed by atoms with E-state index in [2.05, 4.69) is 5.32 Å². The maximum Gasteiger partial charge on any atom is 0.329 e. The van der Waals surface area contributed by atoms with E-state index in [0.717, 1.165) is 0 Å². The van der Waals surface area contributed by atoms with Gasteiger partial charge >= 0.3 is 5.97 Å². The van der Waals surface area contributed by atoms with Crippen molar-refractivity contribution in [2.75, 3.05) is 6.61 Å². The molecular formula is C14H16FNO4. The molecule has 5 nitrogen and oxygen atoms in total. The number of carbonyl (C=O) groups excluding carboxylic acids is 1. The molecule has 0 aromatic heterocycles. The standard InChI is InChI=1S/C14H16FNO4/c15-10-4-1-2-5-11(10)20-9-3-6-12(17)16-14(7-8-14)13(18)19/h1-2,4-5H,3,6-9H2,(H,16,17)(H,18,19). The second-order valence-corrected chi connectivity index (χ2v) is 4.82. The van der Waals surface area contributed by atoms with Gasteiger partial charge in [0.2, 0.25) is 5.91 Å². The third kappa shape index (κ3) is 3.46. The minimum Gasteiger partial charge on any atom is -0.491 e. The number of carbonyl (C=O) groups is 2. The molecule has 0 radical (unpaired) electrons. The summed E-state index contributed by atoms with van der Waals surface area (Å²) in [6.45, 7) is 0.203. The quantitative estimate of drug-likeness (QED) is 0.746. The number of carboxylic acid groups (broad SMARTS) is 1. The molecule has 0 bridgehead atoms. The molecule has 6 heteroatoms. The van der Waals surface area contributed by atoms with E-state index in [1.54, 1.807) is 12.1 Å². The molecular weight excluding hydrogens is 265 g/mol. The number of para-hydroxylation sites is 1. The van der Waals surface area contributed by atoms with E-state index < -0.39 is 17.3 Å². The lowest BCUT2D eigenvalue weighted by atomic mass is 10.2. The molecule has 1 amide bonds. The van der Waals surface area contributed by atoms with Crippen LogP contribution < -0.4 is 10.1 Å². The van der Waals surface area contributed by atoms with Crippen LogP contribution >= 0.6 is 0 Å². The predicted molar refractivity (Wildman–Crippen MR) is 68.9 cm³/mol. The number of benzene rings is 1. The summed E-state index contributed by atoms with van der Waals surface area (Å²) in [7, 11) is 0. The van der Waals surface area contributed by atoms with Crippen LogP contribution in [0.4, 0.5) is 4.39 Å². The number of hydrogen-bond donors (Lipinski definition) is 2. The van der Waals surface area contributed by atoms with Crippen LogP contribution in [-0.2, 0) is 9.59 Å². The van der Waals surface area contributed by atoms with Gasteiger partial charge in [-0.2, -0.15) is 0 Å². The number of amides is 1. The zero-order valence-electron chi connectivity index (χ0n) is 10.9. The van der Waals surface area contributed by atoms with Crippen LogP contribution in [0.3, 0.4) is 0 Å². The number of carboxylic acids is 1. The van der Waals surface area contributed by atoms with Crippen molar-refractivity contribution < 1.29 is 23.8 Å². The van der Waals surface area contributed by atoms with E-state index in [9.17, 15) is 14.0 Å². The molecule has 0 saturated heterocycles. The Kier molecular flexibility index (Phi) is 4.22. The third-order valence-electron chi connectivity index (χ3n) is 3.18. The fraction of sp³-hybridized carbons (Fsp3) is 0.429. The van der Waals surface area contributed by atoms with Crippen LogP contribution in [0.5, 0.6) is 5.75 Å². The van der Waals surface area contributed by atoms with Gasteiger partial charge in [0.25, 0.3) is 0 Å². The smallest absolute Gasteiger partial charge is 0.329 e. The largest absolute Gasteiger partial charge is 0.491 e. The third-order valence-corrected chi connectivity index (χ3v) is 3.18. The lowest BCUT2D eigenvalue weighted by Gasteiger charge is -2.12. The SMILES string of the molecule is O=C(CCCOc1ccccc1F)NC1(C(=O)O)CC1. The molecule has 1 fully saturated rings. The van der Waals surface area contributed by atoms with Gasteiger partial charge in [-0.25, -0.2) is 9.18 Å². The zero-order valence-corrected chi connectivity index (χ0v) is 10.9. The van der Waals surface area contributed by atoms with Gasteiger partial charge in [0, 0.05) is 6.42 Å². The summed E-state index contributed by atoms with van der Waals surface area (Å²) in [5.41, 5.74) is -1.05. The lowest BCUT2D eigenvalue weighted by Crippen LogP contribution is -2.43. The molecule has 2 rings (SSSR count).